The molecule has 0 heterocycles. The third kappa shape index (κ3) is 5.40. The molecule has 2 atom stereocenters. The summed E-state index contributed by atoms with van der Waals surface area (Å²) >= 11 is 0. The van der Waals surface area contributed by atoms with E-state index >= 15 is 0 Å². The molecule has 2 nitrogen and oxygen atoms in total. The van der Waals surface area contributed by atoms with E-state index in [1.165, 1.54) is 0 Å². The first-order chi connectivity index (χ1) is 9.42. The van der Waals surface area contributed by atoms with Crippen LogP contribution in [0.25, 0.3) is 0 Å². The van der Waals surface area contributed by atoms with Gasteiger partial charge in [-0.1, -0.05) is 65.3 Å². The van der Waals surface area contributed by atoms with Gasteiger partial charge in [-0.3, -0.25) is 0 Å². The fourth-order valence-corrected chi connectivity index (χ4v) is 3.56. The maximum absolute atomic E-state index is 12.9. The fourth-order valence-electron chi connectivity index (χ4n) is 1.89. The summed E-state index contributed by atoms with van der Waals surface area (Å²) in [6.07, 6.45) is 1.21. The Balaban J connectivity index is 3.28. The molecule has 118 valence electrons. The third-order valence-corrected chi connectivity index (χ3v) is 4.58. The topological polar surface area (TPSA) is 37.3 Å². The SMILES string of the molecule is Cc1ccc(S(=O)/C(=C\C(C)(C)C)[C@@H](O)C(C)(C)C)cc1. The monoisotopic (exact) mass is 308 g/mol. The van der Waals surface area contributed by atoms with E-state index in [-0.39, 0.29) is 10.8 Å². The third-order valence-electron chi connectivity index (χ3n) is 3.11. The molecule has 1 aromatic rings. The molecule has 0 saturated heterocycles. The normalized spacial score (nSPS) is 16.7. The summed E-state index contributed by atoms with van der Waals surface area (Å²) in [4.78, 5) is 1.33. The summed E-state index contributed by atoms with van der Waals surface area (Å²) in [7, 11) is -1.34. The van der Waals surface area contributed by atoms with Gasteiger partial charge in [0.05, 0.1) is 16.9 Å². The minimum Gasteiger partial charge on any atom is -0.387 e. The predicted octanol–water partition coefficient (Wildman–Crippen LogP) is 4.44. The van der Waals surface area contributed by atoms with Crippen LogP contribution in [0.2, 0.25) is 0 Å². The lowest BCUT2D eigenvalue weighted by Gasteiger charge is -2.29. The van der Waals surface area contributed by atoms with E-state index in [1.807, 2.05) is 58.0 Å². The molecule has 0 aliphatic rings. The molecule has 1 aromatic carbocycles. The molecule has 1 unspecified atom stereocenters. The maximum atomic E-state index is 12.9. The molecule has 1 rings (SSSR count). The van der Waals surface area contributed by atoms with Crippen molar-refractivity contribution >= 4 is 10.8 Å². The Bertz CT molecular complexity index is 528. The van der Waals surface area contributed by atoms with Crippen molar-refractivity contribution in [2.24, 2.45) is 10.8 Å². The van der Waals surface area contributed by atoms with Gasteiger partial charge in [-0.25, -0.2) is 4.21 Å². The van der Waals surface area contributed by atoms with E-state index in [0.29, 0.717) is 4.91 Å². The molecule has 0 fully saturated rings. The van der Waals surface area contributed by atoms with Crippen LogP contribution in [-0.4, -0.2) is 15.4 Å². The summed E-state index contributed by atoms with van der Waals surface area (Å²) in [5, 5.41) is 10.6. The molecule has 0 aliphatic carbocycles. The van der Waals surface area contributed by atoms with Crippen molar-refractivity contribution in [2.45, 2.75) is 59.5 Å². The largest absolute Gasteiger partial charge is 0.387 e. The van der Waals surface area contributed by atoms with E-state index in [1.54, 1.807) is 0 Å². The molecule has 0 amide bonds. The zero-order chi connectivity index (χ0) is 16.4. The second-order valence-electron chi connectivity index (χ2n) is 7.76. The van der Waals surface area contributed by atoms with Crippen molar-refractivity contribution in [2.75, 3.05) is 0 Å². The Labute approximate surface area is 131 Å². The van der Waals surface area contributed by atoms with Gasteiger partial charge in [0, 0.05) is 9.80 Å². The Hall–Kier alpha value is -0.930. The molecular formula is C18H28O2S. The lowest BCUT2D eigenvalue weighted by molar-refractivity contribution is 0.101. The van der Waals surface area contributed by atoms with Crippen LogP contribution >= 0.6 is 0 Å². The molecule has 21 heavy (non-hydrogen) atoms. The van der Waals surface area contributed by atoms with Crippen molar-refractivity contribution in [1.82, 2.24) is 0 Å². The molecule has 0 bridgehead atoms. The number of aryl methyl sites for hydroxylation is 1. The van der Waals surface area contributed by atoms with Crippen LogP contribution in [0, 0.1) is 17.8 Å². The van der Waals surface area contributed by atoms with Crippen LogP contribution in [0.5, 0.6) is 0 Å². The predicted molar refractivity (Wildman–Crippen MR) is 90.6 cm³/mol. The van der Waals surface area contributed by atoms with E-state index in [2.05, 4.69) is 20.8 Å². The number of hydrogen-bond donors (Lipinski definition) is 1. The van der Waals surface area contributed by atoms with Crippen LogP contribution in [0.3, 0.4) is 0 Å². The molecule has 0 saturated carbocycles. The van der Waals surface area contributed by atoms with Gasteiger partial charge in [0.25, 0.3) is 0 Å². The number of benzene rings is 1. The van der Waals surface area contributed by atoms with Crippen molar-refractivity contribution in [3.05, 3.63) is 40.8 Å². The zero-order valence-corrected chi connectivity index (χ0v) is 15.0. The van der Waals surface area contributed by atoms with Gasteiger partial charge in [-0.2, -0.15) is 0 Å². The minimum atomic E-state index is -1.34. The standard InChI is InChI=1S/C18H28O2S/c1-13-8-10-14(11-9-13)21(20)15(12-17(2,3)4)16(19)18(5,6)7/h8-12,16,19H,1-7H3/b15-12-/t16-,21?/m1/s1. The fraction of sp³-hybridized carbons (Fsp3) is 0.556. The van der Waals surface area contributed by atoms with Gasteiger partial charge >= 0.3 is 0 Å². The van der Waals surface area contributed by atoms with Gasteiger partial charge in [0.2, 0.25) is 0 Å². The van der Waals surface area contributed by atoms with E-state index in [4.69, 9.17) is 0 Å². The molecule has 0 aliphatic heterocycles. The lowest BCUT2D eigenvalue weighted by atomic mass is 9.86. The van der Waals surface area contributed by atoms with E-state index in [0.717, 1.165) is 10.5 Å². The minimum absolute atomic E-state index is 0.137. The average molecular weight is 308 g/mol. The Morgan fingerprint density at radius 2 is 1.57 bits per heavy atom. The van der Waals surface area contributed by atoms with Crippen LogP contribution in [0.15, 0.2) is 40.1 Å². The van der Waals surface area contributed by atoms with Gasteiger partial charge in [0.15, 0.2) is 0 Å². The highest BCUT2D eigenvalue weighted by Gasteiger charge is 2.31. The molecular weight excluding hydrogens is 280 g/mol. The van der Waals surface area contributed by atoms with E-state index < -0.39 is 16.9 Å². The highest BCUT2D eigenvalue weighted by Crippen LogP contribution is 2.32. The lowest BCUT2D eigenvalue weighted by Crippen LogP contribution is -2.30. The van der Waals surface area contributed by atoms with Crippen LogP contribution in [-0.2, 0) is 10.8 Å². The van der Waals surface area contributed by atoms with Gasteiger partial charge in [0.1, 0.15) is 0 Å². The van der Waals surface area contributed by atoms with Crippen LogP contribution in [0.1, 0.15) is 47.1 Å². The summed E-state index contributed by atoms with van der Waals surface area (Å²) in [5.41, 5.74) is 0.646. The van der Waals surface area contributed by atoms with Crippen LogP contribution < -0.4 is 0 Å². The second kappa shape index (κ2) is 6.45. The van der Waals surface area contributed by atoms with Crippen molar-refractivity contribution < 1.29 is 9.32 Å². The zero-order valence-electron chi connectivity index (χ0n) is 14.2. The van der Waals surface area contributed by atoms with E-state index in [9.17, 15) is 9.32 Å². The number of rotatable bonds is 3. The molecule has 0 spiro atoms. The number of allylic oxidation sites excluding steroid dienone is 1. The van der Waals surface area contributed by atoms with Gasteiger partial charge in [-0.05, 0) is 29.9 Å². The smallest absolute Gasteiger partial charge is 0.0922 e. The summed E-state index contributed by atoms with van der Waals surface area (Å²) < 4.78 is 12.9. The Morgan fingerprint density at radius 3 is 1.95 bits per heavy atom. The molecule has 3 heteroatoms. The second-order valence-corrected chi connectivity index (χ2v) is 9.24. The summed E-state index contributed by atoms with van der Waals surface area (Å²) in [5.74, 6) is 0. The summed E-state index contributed by atoms with van der Waals surface area (Å²) in [6.45, 7) is 14.0. The Kier molecular flexibility index (Phi) is 5.57. The van der Waals surface area contributed by atoms with Gasteiger partial charge in [-0.15, -0.1) is 0 Å². The number of hydrogen-bond acceptors (Lipinski definition) is 2. The molecule has 0 aromatic heterocycles. The molecule has 0 radical (unpaired) electrons. The van der Waals surface area contributed by atoms with Crippen LogP contribution in [0.4, 0.5) is 0 Å². The molecule has 1 N–H and O–H groups in total. The first kappa shape index (κ1) is 18.1. The highest BCUT2D eigenvalue weighted by molar-refractivity contribution is 7.89. The highest BCUT2D eigenvalue weighted by atomic mass is 32.2. The van der Waals surface area contributed by atoms with Crippen molar-refractivity contribution in [1.29, 1.82) is 0 Å². The Morgan fingerprint density at radius 1 is 1.10 bits per heavy atom. The number of aliphatic hydroxyl groups excluding tert-OH is 1. The van der Waals surface area contributed by atoms with Crippen molar-refractivity contribution in [3.8, 4) is 0 Å². The average Bonchev–Trinajstić information content (AvgIpc) is 2.33. The van der Waals surface area contributed by atoms with Crippen molar-refractivity contribution in [3.63, 3.8) is 0 Å². The summed E-state index contributed by atoms with van der Waals surface area (Å²) in [6, 6.07) is 7.64. The quantitative estimate of drug-likeness (QED) is 0.896. The maximum Gasteiger partial charge on any atom is 0.0922 e. The first-order valence-electron chi connectivity index (χ1n) is 7.31. The first-order valence-corrected chi connectivity index (χ1v) is 8.46. The van der Waals surface area contributed by atoms with Gasteiger partial charge < -0.3 is 5.11 Å². The number of aliphatic hydroxyl groups is 1.